The van der Waals surface area contributed by atoms with Gasteiger partial charge in [0.05, 0.1) is 0 Å². The molecule has 3 heteroatoms. The van der Waals surface area contributed by atoms with Crippen LogP contribution in [0.4, 0.5) is 0 Å². The number of nitrogens with two attached hydrogens (primary N) is 2. The van der Waals surface area contributed by atoms with E-state index >= 15 is 0 Å². The van der Waals surface area contributed by atoms with Crippen molar-refractivity contribution in [2.24, 2.45) is 17.4 Å². The van der Waals surface area contributed by atoms with Gasteiger partial charge in [-0.1, -0.05) is 6.92 Å². The van der Waals surface area contributed by atoms with Crippen LogP contribution < -0.4 is 11.5 Å². The van der Waals surface area contributed by atoms with Crippen molar-refractivity contribution in [3.05, 3.63) is 0 Å². The average Bonchev–Trinajstić information content (AvgIpc) is 1.89. The Morgan fingerprint density at radius 1 is 1.44 bits per heavy atom. The fraction of sp³-hybridized carbons (Fsp3) is 1.00. The predicted molar refractivity (Wildman–Crippen MR) is 44.6 cm³/mol. The van der Waals surface area contributed by atoms with Crippen LogP contribution in [0.25, 0.3) is 0 Å². The van der Waals surface area contributed by atoms with Gasteiger partial charge in [0, 0.05) is 12.3 Å². The molecule has 0 amide bonds. The molecule has 0 aliphatic carbocycles. The molecule has 0 saturated carbocycles. The summed E-state index contributed by atoms with van der Waals surface area (Å²) in [6.45, 7) is 3.73. The van der Waals surface area contributed by atoms with Crippen LogP contribution in [-0.4, -0.2) is 24.6 Å². The summed E-state index contributed by atoms with van der Waals surface area (Å²) in [5.41, 5.74) is 10.7. The fourth-order valence-electron chi connectivity index (χ4n) is 0.436. The average molecular weight is 148 g/mol. The highest BCUT2D eigenvalue weighted by Gasteiger charge is 1.96. The van der Waals surface area contributed by atoms with E-state index in [1.54, 1.807) is 0 Å². The lowest BCUT2D eigenvalue weighted by Crippen LogP contribution is -2.14. The second-order valence-corrected chi connectivity index (χ2v) is 3.35. The van der Waals surface area contributed by atoms with E-state index in [-0.39, 0.29) is 0 Å². The third kappa shape index (κ3) is 6.15. The van der Waals surface area contributed by atoms with Gasteiger partial charge in [-0.3, -0.25) is 0 Å². The zero-order valence-electron chi connectivity index (χ0n) is 5.97. The van der Waals surface area contributed by atoms with Gasteiger partial charge in [-0.15, -0.1) is 0 Å². The normalized spacial score (nSPS) is 13.7. The van der Waals surface area contributed by atoms with E-state index in [9.17, 15) is 0 Å². The van der Waals surface area contributed by atoms with Crippen LogP contribution in [0.1, 0.15) is 6.92 Å². The summed E-state index contributed by atoms with van der Waals surface area (Å²) in [5.74, 6) is 2.85. The summed E-state index contributed by atoms with van der Waals surface area (Å²) in [4.78, 5) is 0. The van der Waals surface area contributed by atoms with Gasteiger partial charge in [-0.25, -0.2) is 0 Å². The van der Waals surface area contributed by atoms with Crippen LogP contribution in [0.5, 0.6) is 0 Å². The Kier molecular flexibility index (Phi) is 6.58. The van der Waals surface area contributed by atoms with E-state index in [1.807, 2.05) is 11.8 Å². The summed E-state index contributed by atoms with van der Waals surface area (Å²) in [7, 11) is 0. The first-order chi connectivity index (χ1) is 4.31. The first-order valence-electron chi connectivity index (χ1n) is 3.29. The zero-order valence-corrected chi connectivity index (χ0v) is 6.79. The summed E-state index contributed by atoms with van der Waals surface area (Å²) >= 11 is 1.88. The van der Waals surface area contributed by atoms with E-state index in [4.69, 9.17) is 11.5 Å². The maximum Gasteiger partial charge on any atom is 0.00559 e. The van der Waals surface area contributed by atoms with Crippen LogP contribution in [0.2, 0.25) is 0 Å². The van der Waals surface area contributed by atoms with Crippen molar-refractivity contribution in [2.75, 3.05) is 24.6 Å². The molecule has 0 bridgehead atoms. The Morgan fingerprint density at radius 2 is 2.11 bits per heavy atom. The Labute approximate surface area is 61.4 Å². The quantitative estimate of drug-likeness (QED) is 0.550. The van der Waals surface area contributed by atoms with Crippen LogP contribution in [0.15, 0.2) is 0 Å². The predicted octanol–water partition coefficient (Wildman–Crippen LogP) is 0.273. The van der Waals surface area contributed by atoms with Crippen LogP contribution >= 0.6 is 11.8 Å². The van der Waals surface area contributed by atoms with E-state index in [1.165, 1.54) is 0 Å². The van der Waals surface area contributed by atoms with Gasteiger partial charge in [0.2, 0.25) is 0 Å². The topological polar surface area (TPSA) is 52.0 Å². The molecule has 0 aliphatic rings. The molecule has 1 atom stereocenters. The van der Waals surface area contributed by atoms with Crippen LogP contribution in [0.3, 0.4) is 0 Å². The molecule has 9 heavy (non-hydrogen) atoms. The third-order valence-corrected chi connectivity index (χ3v) is 2.40. The molecule has 0 radical (unpaired) electrons. The molecule has 2 nitrogen and oxygen atoms in total. The van der Waals surface area contributed by atoms with Crippen molar-refractivity contribution in [2.45, 2.75) is 6.92 Å². The lowest BCUT2D eigenvalue weighted by molar-refractivity contribution is 0.675. The van der Waals surface area contributed by atoms with Crippen LogP contribution in [-0.2, 0) is 0 Å². The lowest BCUT2D eigenvalue weighted by atomic mass is 10.2. The molecule has 0 fully saturated rings. The first-order valence-corrected chi connectivity index (χ1v) is 4.44. The highest BCUT2D eigenvalue weighted by Crippen LogP contribution is 2.04. The van der Waals surface area contributed by atoms with Crippen molar-refractivity contribution in [1.29, 1.82) is 0 Å². The minimum atomic E-state index is 0.640. The van der Waals surface area contributed by atoms with E-state index in [0.29, 0.717) is 5.92 Å². The Balaban J connectivity index is 2.88. The Hall–Kier alpha value is 0.270. The maximum atomic E-state index is 5.41. The van der Waals surface area contributed by atoms with Crippen molar-refractivity contribution >= 4 is 11.8 Å². The molecule has 0 spiro atoms. The smallest absolute Gasteiger partial charge is 0.00559 e. The van der Waals surface area contributed by atoms with Crippen molar-refractivity contribution < 1.29 is 0 Å². The second kappa shape index (κ2) is 6.39. The van der Waals surface area contributed by atoms with Crippen LogP contribution in [0, 0.1) is 5.92 Å². The Morgan fingerprint density at radius 3 is 2.56 bits per heavy atom. The molecule has 0 aromatic carbocycles. The number of rotatable bonds is 5. The number of hydrogen-bond donors (Lipinski definition) is 2. The van der Waals surface area contributed by atoms with Gasteiger partial charge in [-0.2, -0.15) is 11.8 Å². The summed E-state index contributed by atoms with van der Waals surface area (Å²) in [6.07, 6.45) is 0. The van der Waals surface area contributed by atoms with E-state index in [2.05, 4.69) is 6.92 Å². The summed E-state index contributed by atoms with van der Waals surface area (Å²) in [6, 6.07) is 0. The SMILES string of the molecule is CC(CN)CSCCN. The minimum Gasteiger partial charge on any atom is -0.330 e. The molecule has 0 aliphatic heterocycles. The van der Waals surface area contributed by atoms with Gasteiger partial charge in [-0.05, 0) is 18.2 Å². The van der Waals surface area contributed by atoms with Gasteiger partial charge < -0.3 is 11.5 Å². The minimum absolute atomic E-state index is 0.640. The molecule has 0 rings (SSSR count). The van der Waals surface area contributed by atoms with Gasteiger partial charge >= 0.3 is 0 Å². The van der Waals surface area contributed by atoms with E-state index < -0.39 is 0 Å². The first kappa shape index (κ1) is 9.27. The standard InChI is InChI=1S/C6H16N2S/c1-6(4-8)5-9-3-2-7/h6H,2-5,7-8H2,1H3. The van der Waals surface area contributed by atoms with Gasteiger partial charge in [0.25, 0.3) is 0 Å². The summed E-state index contributed by atoms with van der Waals surface area (Å²) in [5, 5.41) is 0. The third-order valence-electron chi connectivity index (χ3n) is 1.07. The molecular weight excluding hydrogens is 132 g/mol. The summed E-state index contributed by atoms with van der Waals surface area (Å²) < 4.78 is 0. The monoisotopic (exact) mass is 148 g/mol. The molecule has 0 aromatic rings. The molecule has 0 heterocycles. The fourth-order valence-corrected chi connectivity index (χ4v) is 1.31. The van der Waals surface area contributed by atoms with E-state index in [0.717, 1.165) is 24.6 Å². The highest BCUT2D eigenvalue weighted by molar-refractivity contribution is 7.99. The molecule has 56 valence electrons. The largest absolute Gasteiger partial charge is 0.330 e. The number of hydrogen-bond acceptors (Lipinski definition) is 3. The van der Waals surface area contributed by atoms with Crippen molar-refractivity contribution in [1.82, 2.24) is 0 Å². The van der Waals surface area contributed by atoms with Gasteiger partial charge in [0.1, 0.15) is 0 Å². The van der Waals surface area contributed by atoms with Gasteiger partial charge in [0.15, 0.2) is 0 Å². The highest BCUT2D eigenvalue weighted by atomic mass is 32.2. The Bertz CT molecular complexity index is 59.0. The molecule has 0 aromatic heterocycles. The zero-order chi connectivity index (χ0) is 7.11. The second-order valence-electron chi connectivity index (χ2n) is 2.20. The maximum absolute atomic E-state index is 5.41. The molecular formula is C6H16N2S. The van der Waals surface area contributed by atoms with Crippen molar-refractivity contribution in [3.8, 4) is 0 Å². The molecule has 4 N–H and O–H groups in total. The molecule has 0 saturated heterocycles. The number of thioether (sulfide) groups is 1. The molecule has 1 unspecified atom stereocenters. The lowest BCUT2D eigenvalue weighted by Gasteiger charge is -2.05. The van der Waals surface area contributed by atoms with Crippen molar-refractivity contribution in [3.63, 3.8) is 0 Å².